The molecule has 2 heterocycles. The molecule has 4 rings (SSSR count). The zero-order chi connectivity index (χ0) is 17.9. The fourth-order valence-electron chi connectivity index (χ4n) is 2.66. The van der Waals surface area contributed by atoms with E-state index >= 15 is 0 Å². The molecule has 2 aromatic carbocycles. The second kappa shape index (κ2) is 6.98. The highest BCUT2D eigenvalue weighted by atomic mass is 35.5. The van der Waals surface area contributed by atoms with Crippen molar-refractivity contribution in [1.82, 2.24) is 15.0 Å². The summed E-state index contributed by atoms with van der Waals surface area (Å²) >= 11 is 6.18. The molecule has 0 atom stereocenters. The van der Waals surface area contributed by atoms with Crippen LogP contribution in [0.5, 0.6) is 0 Å². The smallest absolute Gasteiger partial charge is 0.135 e. The van der Waals surface area contributed by atoms with E-state index in [2.05, 4.69) is 25.6 Å². The third-order valence-corrected chi connectivity index (χ3v) is 4.41. The molecule has 0 radical (unpaired) electrons. The maximum Gasteiger partial charge on any atom is 0.135 e. The summed E-state index contributed by atoms with van der Waals surface area (Å²) in [6.45, 7) is 1.97. The van der Waals surface area contributed by atoms with Gasteiger partial charge in [-0.2, -0.15) is 0 Å². The van der Waals surface area contributed by atoms with Crippen molar-refractivity contribution in [2.75, 3.05) is 10.6 Å². The number of nitrogens with zero attached hydrogens (tertiary/aromatic N) is 3. The normalized spacial score (nSPS) is 10.7. The van der Waals surface area contributed by atoms with Crippen LogP contribution in [0.2, 0.25) is 5.02 Å². The highest BCUT2D eigenvalue weighted by molar-refractivity contribution is 6.31. The topological polar surface area (TPSA) is 62.7 Å². The van der Waals surface area contributed by atoms with Gasteiger partial charge in [0, 0.05) is 28.4 Å². The lowest BCUT2D eigenvalue weighted by atomic mass is 10.2. The number of aromatic nitrogens is 3. The van der Waals surface area contributed by atoms with Gasteiger partial charge >= 0.3 is 0 Å². The van der Waals surface area contributed by atoms with Gasteiger partial charge in [0.1, 0.15) is 18.0 Å². The fraction of sp³-hybridized carbons (Fsp3) is 0.0500. The molecule has 4 aromatic rings. The molecular formula is C20H16ClN5. The van der Waals surface area contributed by atoms with Crippen molar-refractivity contribution in [3.05, 3.63) is 77.7 Å². The third kappa shape index (κ3) is 3.43. The number of rotatable bonds is 4. The molecule has 5 nitrogen and oxygen atoms in total. The molecule has 0 amide bonds. The van der Waals surface area contributed by atoms with Crippen LogP contribution >= 0.6 is 11.6 Å². The Kier molecular flexibility index (Phi) is 4.37. The molecular weight excluding hydrogens is 346 g/mol. The maximum absolute atomic E-state index is 6.18. The average molecular weight is 362 g/mol. The molecule has 0 aliphatic rings. The molecule has 26 heavy (non-hydrogen) atoms. The van der Waals surface area contributed by atoms with Gasteiger partial charge in [0.25, 0.3) is 0 Å². The number of fused-ring (bicyclic) bond motifs is 1. The van der Waals surface area contributed by atoms with E-state index < -0.39 is 0 Å². The van der Waals surface area contributed by atoms with Crippen LogP contribution in [-0.2, 0) is 0 Å². The Morgan fingerprint density at radius 3 is 2.50 bits per heavy atom. The molecule has 0 aliphatic heterocycles. The van der Waals surface area contributed by atoms with Gasteiger partial charge < -0.3 is 10.6 Å². The van der Waals surface area contributed by atoms with Crippen LogP contribution in [0.25, 0.3) is 10.9 Å². The standard InChI is InChI=1S/C20H16ClN5/c1-13-7-8-15(10-16(13)21)25-18-11-19(24-12-23-18)26-17-6-2-4-14-5-3-9-22-20(14)17/h2-12H,1H3,(H2,23,24,25,26). The average Bonchev–Trinajstić information content (AvgIpc) is 2.65. The van der Waals surface area contributed by atoms with Crippen molar-refractivity contribution < 1.29 is 0 Å². The van der Waals surface area contributed by atoms with Crippen molar-refractivity contribution in [2.45, 2.75) is 6.92 Å². The van der Waals surface area contributed by atoms with Gasteiger partial charge in [-0.05, 0) is 36.8 Å². The van der Waals surface area contributed by atoms with Gasteiger partial charge in [0.2, 0.25) is 0 Å². The van der Waals surface area contributed by atoms with Gasteiger partial charge in [-0.1, -0.05) is 35.9 Å². The third-order valence-electron chi connectivity index (χ3n) is 4.01. The molecule has 0 aliphatic carbocycles. The number of benzene rings is 2. The van der Waals surface area contributed by atoms with Crippen LogP contribution in [0, 0.1) is 6.92 Å². The first-order chi connectivity index (χ1) is 12.7. The molecule has 0 fully saturated rings. The Morgan fingerprint density at radius 2 is 1.65 bits per heavy atom. The van der Waals surface area contributed by atoms with Crippen molar-refractivity contribution in [3.8, 4) is 0 Å². The first kappa shape index (κ1) is 16.3. The summed E-state index contributed by atoms with van der Waals surface area (Å²) in [4.78, 5) is 13.0. The number of hydrogen-bond acceptors (Lipinski definition) is 5. The number of para-hydroxylation sites is 1. The lowest BCUT2D eigenvalue weighted by Gasteiger charge is -2.10. The van der Waals surface area contributed by atoms with E-state index in [4.69, 9.17) is 11.6 Å². The van der Waals surface area contributed by atoms with Crippen LogP contribution in [0.3, 0.4) is 0 Å². The van der Waals surface area contributed by atoms with Gasteiger partial charge in [-0.25, -0.2) is 9.97 Å². The lowest BCUT2D eigenvalue weighted by Crippen LogP contribution is -1.99. The van der Waals surface area contributed by atoms with E-state index in [0.717, 1.165) is 27.8 Å². The Hall–Kier alpha value is -3.18. The Bertz CT molecular complexity index is 1080. The van der Waals surface area contributed by atoms with Gasteiger partial charge in [-0.3, -0.25) is 4.98 Å². The molecule has 0 saturated carbocycles. The molecule has 6 heteroatoms. The second-order valence-electron chi connectivity index (χ2n) is 5.88. The van der Waals surface area contributed by atoms with Crippen molar-refractivity contribution >= 4 is 45.5 Å². The maximum atomic E-state index is 6.18. The van der Waals surface area contributed by atoms with E-state index in [1.807, 2.05) is 61.5 Å². The lowest BCUT2D eigenvalue weighted by molar-refractivity contribution is 1.17. The largest absolute Gasteiger partial charge is 0.340 e. The van der Waals surface area contributed by atoms with Crippen LogP contribution in [0.15, 0.2) is 67.1 Å². The molecule has 0 spiro atoms. The molecule has 2 aromatic heterocycles. The summed E-state index contributed by atoms with van der Waals surface area (Å²) < 4.78 is 0. The zero-order valence-corrected chi connectivity index (χ0v) is 14.8. The number of aryl methyl sites for hydroxylation is 1. The fourth-order valence-corrected chi connectivity index (χ4v) is 2.84. The number of anilines is 4. The van der Waals surface area contributed by atoms with Crippen LogP contribution in [0.4, 0.5) is 23.0 Å². The summed E-state index contributed by atoms with van der Waals surface area (Å²) in [7, 11) is 0. The first-order valence-electron chi connectivity index (χ1n) is 8.15. The minimum atomic E-state index is 0.676. The van der Waals surface area contributed by atoms with Crippen LogP contribution in [0.1, 0.15) is 5.56 Å². The predicted octanol–water partition coefficient (Wildman–Crippen LogP) is 5.47. The second-order valence-corrected chi connectivity index (χ2v) is 6.29. The van der Waals surface area contributed by atoms with E-state index in [9.17, 15) is 0 Å². The molecule has 2 N–H and O–H groups in total. The van der Waals surface area contributed by atoms with E-state index in [0.29, 0.717) is 16.7 Å². The monoisotopic (exact) mass is 361 g/mol. The molecule has 128 valence electrons. The molecule has 0 unspecified atom stereocenters. The van der Waals surface area contributed by atoms with E-state index in [-0.39, 0.29) is 0 Å². The minimum Gasteiger partial charge on any atom is -0.340 e. The highest BCUT2D eigenvalue weighted by Crippen LogP contribution is 2.26. The number of pyridine rings is 1. The molecule has 0 saturated heterocycles. The SMILES string of the molecule is Cc1ccc(Nc2cc(Nc3cccc4cccnc34)ncn2)cc1Cl. The van der Waals surface area contributed by atoms with Crippen molar-refractivity contribution in [1.29, 1.82) is 0 Å². The number of nitrogens with one attached hydrogen (secondary N) is 2. The Labute approximate surface area is 156 Å². The zero-order valence-electron chi connectivity index (χ0n) is 14.1. The Balaban J connectivity index is 1.60. The predicted molar refractivity (Wildman–Crippen MR) is 107 cm³/mol. The minimum absolute atomic E-state index is 0.676. The quantitative estimate of drug-likeness (QED) is 0.504. The van der Waals surface area contributed by atoms with E-state index in [1.54, 1.807) is 6.20 Å². The van der Waals surface area contributed by atoms with E-state index in [1.165, 1.54) is 6.33 Å². The summed E-state index contributed by atoms with van der Waals surface area (Å²) in [6.07, 6.45) is 3.29. The van der Waals surface area contributed by atoms with Crippen LogP contribution < -0.4 is 10.6 Å². The van der Waals surface area contributed by atoms with Gasteiger partial charge in [0.15, 0.2) is 0 Å². The van der Waals surface area contributed by atoms with Crippen molar-refractivity contribution in [2.24, 2.45) is 0 Å². The van der Waals surface area contributed by atoms with Gasteiger partial charge in [0.05, 0.1) is 11.2 Å². The summed E-state index contributed by atoms with van der Waals surface area (Å²) in [5, 5.41) is 8.34. The summed E-state index contributed by atoms with van der Waals surface area (Å²) in [6, 6.07) is 17.6. The van der Waals surface area contributed by atoms with Crippen molar-refractivity contribution in [3.63, 3.8) is 0 Å². The summed E-state index contributed by atoms with van der Waals surface area (Å²) in [5.74, 6) is 1.36. The summed E-state index contributed by atoms with van der Waals surface area (Å²) in [5.41, 5.74) is 3.70. The van der Waals surface area contributed by atoms with Crippen LogP contribution in [-0.4, -0.2) is 15.0 Å². The number of halogens is 1. The molecule has 0 bridgehead atoms. The Morgan fingerprint density at radius 1 is 0.846 bits per heavy atom. The number of hydrogen-bond donors (Lipinski definition) is 2. The highest BCUT2D eigenvalue weighted by Gasteiger charge is 2.05. The first-order valence-corrected chi connectivity index (χ1v) is 8.53. The van der Waals surface area contributed by atoms with Gasteiger partial charge in [-0.15, -0.1) is 0 Å².